The van der Waals surface area contributed by atoms with Crippen LogP contribution in [0.1, 0.15) is 32.6 Å². The van der Waals surface area contributed by atoms with E-state index in [1.54, 1.807) is 37.4 Å². The highest BCUT2D eigenvalue weighted by Crippen LogP contribution is 2.39. The van der Waals surface area contributed by atoms with Crippen molar-refractivity contribution in [2.24, 2.45) is 0 Å². The van der Waals surface area contributed by atoms with Crippen molar-refractivity contribution >= 4 is 29.1 Å². The van der Waals surface area contributed by atoms with Crippen LogP contribution < -0.4 is 10.9 Å². The van der Waals surface area contributed by atoms with Crippen LogP contribution in [0.3, 0.4) is 0 Å². The second-order valence-electron chi connectivity index (χ2n) is 8.88. The Morgan fingerprint density at radius 2 is 1.76 bits per heavy atom. The largest absolute Gasteiger partial charge is 0.507 e. The van der Waals surface area contributed by atoms with E-state index in [4.69, 9.17) is 27.9 Å². The molecule has 0 saturated carbocycles. The molecule has 0 radical (unpaired) electrons. The van der Waals surface area contributed by atoms with Gasteiger partial charge in [-0.3, -0.25) is 9.59 Å². The lowest BCUT2D eigenvalue weighted by Crippen LogP contribution is -2.23. The zero-order valence-corrected chi connectivity index (χ0v) is 22.7. The van der Waals surface area contributed by atoms with Crippen LogP contribution in [0, 0.1) is 11.3 Å². The van der Waals surface area contributed by atoms with Crippen LogP contribution in [0.15, 0.2) is 65.5 Å². The molecule has 0 fully saturated rings. The third kappa shape index (κ3) is 6.55. The summed E-state index contributed by atoms with van der Waals surface area (Å²) in [5.41, 5.74) is -1.38. The van der Waals surface area contributed by atoms with Gasteiger partial charge in [0.25, 0.3) is 11.5 Å². The minimum absolute atomic E-state index is 0.0107. The van der Waals surface area contributed by atoms with E-state index in [0.29, 0.717) is 12.2 Å². The smallest absolute Gasteiger partial charge is 0.416 e. The molecule has 4 aromatic rings. The zero-order valence-electron chi connectivity index (χ0n) is 21.2. The number of carbonyl (C=O) groups is 1. The van der Waals surface area contributed by atoms with Crippen molar-refractivity contribution in [3.8, 4) is 34.2 Å². The van der Waals surface area contributed by atoms with Crippen LogP contribution in [-0.4, -0.2) is 23.1 Å². The van der Waals surface area contributed by atoms with Gasteiger partial charge in [-0.15, -0.1) is 0 Å². The lowest BCUT2D eigenvalue weighted by atomic mass is 9.96. The van der Waals surface area contributed by atoms with Crippen molar-refractivity contribution in [2.75, 3.05) is 7.11 Å². The van der Waals surface area contributed by atoms with Crippen LogP contribution >= 0.6 is 23.2 Å². The Hall–Kier alpha value is -4.30. The van der Waals surface area contributed by atoms with Gasteiger partial charge in [-0.2, -0.15) is 18.4 Å². The van der Waals surface area contributed by atoms with Gasteiger partial charge in [-0.25, -0.2) is 0 Å². The number of hydrogen-bond donors (Lipinski definition) is 3. The summed E-state index contributed by atoms with van der Waals surface area (Å²) in [6.07, 6.45) is -4.70. The van der Waals surface area contributed by atoms with E-state index in [0.717, 1.165) is 23.8 Å². The molecule has 0 spiro atoms. The summed E-state index contributed by atoms with van der Waals surface area (Å²) in [6, 6.07) is 14.9. The first-order valence-electron chi connectivity index (χ1n) is 11.8. The van der Waals surface area contributed by atoms with E-state index in [1.807, 2.05) is 0 Å². The van der Waals surface area contributed by atoms with Crippen LogP contribution in [0.5, 0.6) is 5.75 Å². The number of halogens is 5. The molecule has 210 valence electrons. The monoisotopic (exact) mass is 601 g/mol. The maximum absolute atomic E-state index is 13.4. The highest BCUT2D eigenvalue weighted by Gasteiger charge is 2.31. The first-order chi connectivity index (χ1) is 19.4. The fourth-order valence-electron chi connectivity index (χ4n) is 4.13. The third-order valence-corrected chi connectivity index (χ3v) is 6.69. The number of phenols is 1. The van der Waals surface area contributed by atoms with E-state index in [9.17, 15) is 33.1 Å². The summed E-state index contributed by atoms with van der Waals surface area (Å²) in [5.74, 6) is -0.783. The van der Waals surface area contributed by atoms with Gasteiger partial charge in [-0.05, 0) is 54.1 Å². The number of nitrogens with one attached hydrogen (secondary N) is 2. The number of nitriles is 1. The predicted octanol–water partition coefficient (Wildman–Crippen LogP) is 6.69. The van der Waals surface area contributed by atoms with E-state index in [2.05, 4.69) is 10.3 Å². The van der Waals surface area contributed by atoms with Crippen LogP contribution in [0.2, 0.25) is 10.0 Å². The van der Waals surface area contributed by atoms with Crippen molar-refractivity contribution in [3.63, 3.8) is 0 Å². The number of amides is 1. The van der Waals surface area contributed by atoms with Crippen molar-refractivity contribution in [1.82, 2.24) is 10.3 Å². The van der Waals surface area contributed by atoms with E-state index in [1.165, 1.54) is 18.2 Å². The molecule has 0 unspecified atom stereocenters. The number of benzene rings is 3. The molecule has 1 aromatic heterocycles. The average molecular weight is 602 g/mol. The summed E-state index contributed by atoms with van der Waals surface area (Å²) in [7, 11) is 1.56. The molecule has 41 heavy (non-hydrogen) atoms. The van der Waals surface area contributed by atoms with Gasteiger partial charge in [0, 0.05) is 51.5 Å². The Kier molecular flexibility index (Phi) is 8.73. The number of aromatic hydroxyl groups is 1. The first-order valence-corrected chi connectivity index (χ1v) is 12.6. The second-order valence-corrected chi connectivity index (χ2v) is 9.72. The molecule has 7 nitrogen and oxygen atoms in total. The maximum atomic E-state index is 13.4. The van der Waals surface area contributed by atoms with Gasteiger partial charge in [-0.1, -0.05) is 35.3 Å². The van der Waals surface area contributed by atoms with E-state index >= 15 is 0 Å². The fourth-order valence-corrected chi connectivity index (χ4v) is 4.59. The number of aromatic nitrogens is 1. The van der Waals surface area contributed by atoms with Crippen LogP contribution in [0.4, 0.5) is 13.2 Å². The number of ether oxygens (including phenoxy) is 1. The molecule has 0 atom stereocenters. The van der Waals surface area contributed by atoms with Gasteiger partial charge < -0.3 is 20.1 Å². The lowest BCUT2D eigenvalue weighted by molar-refractivity contribution is -0.137. The summed E-state index contributed by atoms with van der Waals surface area (Å²) in [4.78, 5) is 27.9. The molecule has 3 aromatic carbocycles. The van der Waals surface area contributed by atoms with Gasteiger partial charge in [0.2, 0.25) is 0 Å². The first kappa shape index (κ1) is 29.7. The lowest BCUT2D eigenvalue weighted by Gasteiger charge is -2.15. The molecule has 0 saturated heterocycles. The number of methoxy groups -OCH3 is 1. The normalized spacial score (nSPS) is 11.2. The fraction of sp³-hybridized carbons (Fsp3) is 0.138. The topological polar surface area (TPSA) is 115 Å². The van der Waals surface area contributed by atoms with Crippen molar-refractivity contribution in [1.29, 1.82) is 5.26 Å². The second kappa shape index (κ2) is 12.1. The Balaban J connectivity index is 1.73. The minimum Gasteiger partial charge on any atom is -0.507 e. The summed E-state index contributed by atoms with van der Waals surface area (Å²) >= 11 is 12.5. The molecule has 0 aliphatic heterocycles. The van der Waals surface area contributed by atoms with Gasteiger partial charge in [0.05, 0.1) is 17.9 Å². The van der Waals surface area contributed by atoms with Gasteiger partial charge >= 0.3 is 6.18 Å². The highest BCUT2D eigenvalue weighted by molar-refractivity contribution is 6.33. The molecule has 1 amide bonds. The Labute approximate surface area is 241 Å². The standard InChI is InChI=1S/C29H20Cl2F3N3O4/c1-41-14-15-2-4-16(5-3-15)27(39)36-13-17-8-19(30)10-22(26(17)38)25-11-20(23(12-35)28(40)37-25)21-9-18(29(32,33)34)6-7-24(21)31/h2-11,38H,13-14H2,1H3,(H,36,39)(H,37,40). The zero-order chi connectivity index (χ0) is 29.9. The van der Waals surface area contributed by atoms with Gasteiger partial charge in [0.15, 0.2) is 0 Å². The number of rotatable bonds is 7. The molecule has 0 bridgehead atoms. The number of pyridine rings is 1. The molecule has 4 rings (SSSR count). The maximum Gasteiger partial charge on any atom is 0.416 e. The van der Waals surface area contributed by atoms with Crippen molar-refractivity contribution < 1.29 is 27.8 Å². The number of phenolic OH excluding ortho intramolecular Hbond substituents is 1. The Morgan fingerprint density at radius 1 is 1.05 bits per heavy atom. The number of carbonyl (C=O) groups excluding carboxylic acids is 1. The SMILES string of the molecule is COCc1ccc(C(=O)NCc2cc(Cl)cc(-c3cc(-c4cc(C(F)(F)F)ccc4Cl)c(C#N)c(=O)[nH]3)c2O)cc1. The van der Waals surface area contributed by atoms with Crippen molar-refractivity contribution in [3.05, 3.63) is 109 Å². The molecule has 0 aliphatic carbocycles. The van der Waals surface area contributed by atoms with E-state index in [-0.39, 0.29) is 50.3 Å². The van der Waals surface area contributed by atoms with Gasteiger partial charge in [0.1, 0.15) is 17.4 Å². The van der Waals surface area contributed by atoms with E-state index < -0.39 is 28.8 Å². The number of hydrogen-bond acceptors (Lipinski definition) is 5. The third-order valence-electron chi connectivity index (χ3n) is 6.14. The summed E-state index contributed by atoms with van der Waals surface area (Å²) < 4.78 is 45.2. The minimum atomic E-state index is -4.70. The van der Waals surface area contributed by atoms with Crippen molar-refractivity contribution in [2.45, 2.75) is 19.3 Å². The number of nitrogens with zero attached hydrogens (tertiary/aromatic N) is 1. The highest BCUT2D eigenvalue weighted by atomic mass is 35.5. The summed E-state index contributed by atoms with van der Waals surface area (Å²) in [5, 5.41) is 23.3. The molecular weight excluding hydrogens is 582 g/mol. The predicted molar refractivity (Wildman–Crippen MR) is 148 cm³/mol. The Morgan fingerprint density at radius 3 is 2.39 bits per heavy atom. The van der Waals surface area contributed by atoms with Crippen LogP contribution in [-0.2, 0) is 24.1 Å². The number of aromatic amines is 1. The number of H-pyrrole nitrogens is 1. The Bertz CT molecular complexity index is 1730. The molecular formula is C29H20Cl2F3N3O4. The van der Waals surface area contributed by atoms with Crippen LogP contribution in [0.25, 0.3) is 22.4 Å². The molecule has 3 N–H and O–H groups in total. The average Bonchev–Trinajstić information content (AvgIpc) is 2.93. The quantitative estimate of drug-likeness (QED) is 0.218. The molecule has 0 aliphatic rings. The molecule has 12 heteroatoms. The number of alkyl halides is 3. The molecule has 1 heterocycles. The summed E-state index contributed by atoms with van der Waals surface area (Å²) in [6.45, 7) is 0.241.